The highest BCUT2D eigenvalue weighted by molar-refractivity contribution is 9.10. The predicted molar refractivity (Wildman–Crippen MR) is 75.9 cm³/mol. The van der Waals surface area contributed by atoms with E-state index in [0.717, 1.165) is 16.5 Å². The third kappa shape index (κ3) is 5.94. The quantitative estimate of drug-likeness (QED) is 0.871. The van der Waals surface area contributed by atoms with E-state index >= 15 is 0 Å². The summed E-state index contributed by atoms with van der Waals surface area (Å²) in [4.78, 5) is 0. The summed E-state index contributed by atoms with van der Waals surface area (Å²) in [6, 6.07) is 4.62. The monoisotopic (exact) mass is 317 g/mol. The summed E-state index contributed by atoms with van der Waals surface area (Å²) in [6.45, 7) is 7.47. The van der Waals surface area contributed by atoms with Crippen LogP contribution in [0.3, 0.4) is 0 Å². The second kappa shape index (κ2) is 6.64. The molecule has 2 nitrogen and oxygen atoms in total. The van der Waals surface area contributed by atoms with Crippen LogP contribution in [0.15, 0.2) is 22.7 Å². The molecule has 18 heavy (non-hydrogen) atoms. The molecule has 0 amide bonds. The summed E-state index contributed by atoms with van der Waals surface area (Å²) in [5, 5.41) is 13.0. The van der Waals surface area contributed by atoms with Gasteiger partial charge >= 0.3 is 0 Å². The van der Waals surface area contributed by atoms with Crippen molar-refractivity contribution in [2.24, 2.45) is 5.41 Å². The van der Waals surface area contributed by atoms with Crippen molar-refractivity contribution in [2.45, 2.75) is 39.8 Å². The van der Waals surface area contributed by atoms with Gasteiger partial charge in [0, 0.05) is 17.6 Å². The van der Waals surface area contributed by atoms with Crippen LogP contribution in [-0.2, 0) is 6.54 Å². The Balaban J connectivity index is 2.37. The average Bonchev–Trinajstić information content (AvgIpc) is 2.18. The van der Waals surface area contributed by atoms with E-state index in [1.165, 1.54) is 12.1 Å². The Morgan fingerprint density at radius 3 is 2.61 bits per heavy atom. The first-order valence-corrected chi connectivity index (χ1v) is 6.90. The summed E-state index contributed by atoms with van der Waals surface area (Å²) in [6.07, 6.45) is 0.397. The third-order valence-corrected chi connectivity index (χ3v) is 3.30. The minimum absolute atomic E-state index is 0.123. The zero-order chi connectivity index (χ0) is 13.8. The summed E-state index contributed by atoms with van der Waals surface area (Å²) in [5.74, 6) is -0.251. The summed E-state index contributed by atoms with van der Waals surface area (Å²) < 4.78 is 13.6. The fourth-order valence-corrected chi connectivity index (χ4v) is 2.31. The van der Waals surface area contributed by atoms with E-state index < -0.39 is 0 Å². The Kier molecular flexibility index (Phi) is 5.76. The van der Waals surface area contributed by atoms with Gasteiger partial charge in [0.1, 0.15) is 5.82 Å². The number of hydrogen-bond donors (Lipinski definition) is 2. The van der Waals surface area contributed by atoms with Crippen LogP contribution in [-0.4, -0.2) is 17.8 Å². The van der Waals surface area contributed by atoms with Crippen molar-refractivity contribution in [2.75, 3.05) is 6.54 Å². The molecule has 0 heterocycles. The van der Waals surface area contributed by atoms with E-state index in [2.05, 4.69) is 42.0 Å². The highest BCUT2D eigenvalue weighted by Gasteiger charge is 2.16. The minimum atomic E-state index is -0.357. The first kappa shape index (κ1) is 15.6. The maximum Gasteiger partial charge on any atom is 0.124 e. The number of rotatable bonds is 5. The summed E-state index contributed by atoms with van der Waals surface area (Å²) in [7, 11) is 0. The van der Waals surface area contributed by atoms with Gasteiger partial charge in [-0.3, -0.25) is 0 Å². The van der Waals surface area contributed by atoms with E-state index in [4.69, 9.17) is 0 Å². The molecule has 4 heteroatoms. The molecule has 0 aromatic heterocycles. The van der Waals surface area contributed by atoms with Gasteiger partial charge in [-0.1, -0.05) is 42.8 Å². The molecule has 0 fully saturated rings. The van der Waals surface area contributed by atoms with Gasteiger partial charge in [-0.2, -0.15) is 0 Å². The second-order valence-corrected chi connectivity index (χ2v) is 6.64. The second-order valence-electron chi connectivity index (χ2n) is 5.79. The van der Waals surface area contributed by atoms with E-state index in [9.17, 15) is 9.50 Å². The lowest BCUT2D eigenvalue weighted by molar-refractivity contribution is 0.119. The van der Waals surface area contributed by atoms with Crippen LogP contribution in [0.2, 0.25) is 0 Å². The first-order valence-electron chi connectivity index (χ1n) is 6.10. The normalized spacial score (nSPS) is 13.7. The average molecular weight is 318 g/mol. The van der Waals surface area contributed by atoms with Crippen LogP contribution in [0.25, 0.3) is 0 Å². The predicted octanol–water partition coefficient (Wildman–Crippen LogP) is 3.47. The molecular formula is C14H21BrFNO. The molecule has 0 aliphatic rings. The van der Waals surface area contributed by atoms with E-state index in [0.29, 0.717) is 13.1 Å². The van der Waals surface area contributed by atoms with Gasteiger partial charge in [-0.05, 0) is 29.5 Å². The minimum Gasteiger partial charge on any atom is -0.392 e. The van der Waals surface area contributed by atoms with Crippen LogP contribution >= 0.6 is 15.9 Å². The zero-order valence-corrected chi connectivity index (χ0v) is 12.7. The van der Waals surface area contributed by atoms with Gasteiger partial charge in [0.15, 0.2) is 0 Å². The van der Waals surface area contributed by atoms with E-state index in [1.54, 1.807) is 6.07 Å². The molecule has 2 N–H and O–H groups in total. The Hall–Kier alpha value is -0.450. The molecule has 0 saturated carbocycles. The Labute approximate surface area is 117 Å². The number of halogens is 2. The zero-order valence-electron chi connectivity index (χ0n) is 11.1. The Morgan fingerprint density at radius 2 is 2.06 bits per heavy atom. The molecule has 0 radical (unpaired) electrons. The smallest absolute Gasteiger partial charge is 0.124 e. The topological polar surface area (TPSA) is 32.3 Å². The van der Waals surface area contributed by atoms with Crippen molar-refractivity contribution < 1.29 is 9.50 Å². The highest BCUT2D eigenvalue weighted by atomic mass is 79.9. The van der Waals surface area contributed by atoms with Crippen LogP contribution in [0.5, 0.6) is 0 Å². The molecule has 1 rings (SSSR count). The van der Waals surface area contributed by atoms with Crippen molar-refractivity contribution in [3.8, 4) is 0 Å². The van der Waals surface area contributed by atoms with Gasteiger partial charge in [0.25, 0.3) is 0 Å². The largest absolute Gasteiger partial charge is 0.392 e. The SMILES string of the molecule is CC(C)(C)CC(O)CNCc1ccc(F)cc1Br. The third-order valence-electron chi connectivity index (χ3n) is 2.56. The van der Waals surface area contributed by atoms with Crippen molar-refractivity contribution in [3.63, 3.8) is 0 Å². The van der Waals surface area contributed by atoms with Crippen molar-refractivity contribution in [3.05, 3.63) is 34.1 Å². The van der Waals surface area contributed by atoms with Crippen LogP contribution in [0.1, 0.15) is 32.8 Å². The molecule has 1 aromatic carbocycles. The van der Waals surface area contributed by atoms with Crippen LogP contribution < -0.4 is 5.32 Å². The Bertz CT molecular complexity index is 390. The molecular weight excluding hydrogens is 297 g/mol. The number of aliphatic hydroxyl groups excluding tert-OH is 1. The number of aliphatic hydroxyl groups is 1. The van der Waals surface area contributed by atoms with Gasteiger partial charge < -0.3 is 10.4 Å². The van der Waals surface area contributed by atoms with E-state index in [1.807, 2.05) is 0 Å². The first-order chi connectivity index (χ1) is 8.28. The number of benzene rings is 1. The van der Waals surface area contributed by atoms with Gasteiger partial charge in [-0.15, -0.1) is 0 Å². The van der Waals surface area contributed by atoms with Crippen molar-refractivity contribution >= 4 is 15.9 Å². The highest BCUT2D eigenvalue weighted by Crippen LogP contribution is 2.21. The lowest BCUT2D eigenvalue weighted by Crippen LogP contribution is -2.29. The van der Waals surface area contributed by atoms with Gasteiger partial charge in [0.2, 0.25) is 0 Å². The fraction of sp³-hybridized carbons (Fsp3) is 0.571. The molecule has 0 aliphatic carbocycles. The number of hydrogen-bond acceptors (Lipinski definition) is 2. The van der Waals surface area contributed by atoms with Crippen LogP contribution in [0.4, 0.5) is 4.39 Å². The number of nitrogens with one attached hydrogen (secondary N) is 1. The van der Waals surface area contributed by atoms with Gasteiger partial charge in [0.05, 0.1) is 6.10 Å². The molecule has 0 aliphatic heterocycles. The molecule has 0 bridgehead atoms. The van der Waals surface area contributed by atoms with Crippen molar-refractivity contribution in [1.29, 1.82) is 0 Å². The van der Waals surface area contributed by atoms with Crippen LogP contribution in [0, 0.1) is 11.2 Å². The lowest BCUT2D eigenvalue weighted by atomic mass is 9.89. The maximum atomic E-state index is 12.9. The van der Waals surface area contributed by atoms with E-state index in [-0.39, 0.29) is 17.3 Å². The van der Waals surface area contributed by atoms with Crippen molar-refractivity contribution in [1.82, 2.24) is 5.32 Å². The molecule has 1 unspecified atom stereocenters. The molecule has 1 atom stereocenters. The molecule has 102 valence electrons. The summed E-state index contributed by atoms with van der Waals surface area (Å²) >= 11 is 3.32. The Morgan fingerprint density at radius 1 is 1.39 bits per heavy atom. The summed E-state index contributed by atoms with van der Waals surface area (Å²) in [5.41, 5.74) is 1.11. The standard InChI is InChI=1S/C14H21BrFNO/c1-14(2,3)7-12(18)9-17-8-10-4-5-11(16)6-13(10)15/h4-6,12,17-18H,7-9H2,1-3H3. The lowest BCUT2D eigenvalue weighted by Gasteiger charge is -2.22. The van der Waals surface area contributed by atoms with Gasteiger partial charge in [-0.25, -0.2) is 4.39 Å². The molecule has 1 aromatic rings. The molecule has 0 saturated heterocycles. The fourth-order valence-electron chi connectivity index (χ4n) is 1.82. The maximum absolute atomic E-state index is 12.9. The molecule has 0 spiro atoms.